The van der Waals surface area contributed by atoms with Crippen molar-refractivity contribution >= 4 is 86.9 Å². The van der Waals surface area contributed by atoms with Crippen LogP contribution < -0.4 is 21.7 Å². The zero-order valence-corrected chi connectivity index (χ0v) is 82.5. The molecular weight excluding hydrogens is 1760 g/mol. The Hall–Kier alpha value is -8.40. The number of ether oxygens (including phenoxy) is 2. The van der Waals surface area contributed by atoms with Crippen LogP contribution in [0, 0.1) is 90.7 Å². The van der Waals surface area contributed by atoms with Gasteiger partial charge in [0.05, 0.1) is 68.9 Å². The average Bonchev–Trinajstić information content (AvgIpc) is 0.700. The smallest absolute Gasteiger partial charge is 0.336 e. The van der Waals surface area contributed by atoms with Crippen LogP contribution in [0.25, 0.3) is 0 Å². The molecule has 8 fully saturated rings. The molecule has 12 aliphatic rings. The number of sulfone groups is 4. The molecule has 16 atom stereocenters. The van der Waals surface area contributed by atoms with E-state index >= 15 is 0 Å². The molecule has 0 unspecified atom stereocenters. The van der Waals surface area contributed by atoms with Gasteiger partial charge in [0, 0.05) is 16.7 Å². The van der Waals surface area contributed by atoms with E-state index in [0.717, 1.165) is 128 Å². The summed E-state index contributed by atoms with van der Waals surface area (Å²) >= 11 is 0. The monoisotopic (exact) mass is 1900 g/mol. The predicted molar refractivity (Wildman–Crippen MR) is 490 cm³/mol. The zero-order valence-electron chi connectivity index (χ0n) is 79.2. The SMILES string of the molecule is CC1(C)CCC[C@]2(C)[C@H]3CS(=O)(=O)c4cc(O)cc(C(=O)NCC(=O)O)c4[C@]3(C)CC[C@@H]12.CC1(C)CCC[C@]2(C)[C@H]3CS(=O)(=O)c4cc(O)cc(C(=O)NCC(=O)O)c4[C@]3(C)CC[C@@H]12.CC1(C)CCC[C@]2(C)[C@H]3CS(=O)(=O)c4cc(O)cc(C(=O)O)c4[C@]3(C)CC[C@@H]12.COC(=O)CN.COC(=O)CNC(=O)c1cc(O)cc2c1[C@]1(C)CC[C@H]3C(C)(C)CCC[C@]3(C)[C@H]1CS2(=O)=O. The number of aromatic hydroxyl groups is 4. The van der Waals surface area contributed by atoms with E-state index in [1.807, 2.05) is 0 Å². The Kier molecular flexibility index (Phi) is 27.2. The molecule has 12 N–H and O–H groups in total. The van der Waals surface area contributed by atoms with Crippen molar-refractivity contribution in [2.75, 3.05) is 63.4 Å². The Morgan fingerprint density at radius 3 is 0.756 bits per heavy atom. The maximum atomic E-state index is 13.6. The van der Waals surface area contributed by atoms with Gasteiger partial charge in [0.1, 0.15) is 42.6 Å². The molecule has 0 aromatic heterocycles. The third kappa shape index (κ3) is 17.8. The summed E-state index contributed by atoms with van der Waals surface area (Å²) in [6.07, 6.45) is 19.4. The van der Waals surface area contributed by atoms with Crippen LogP contribution in [0.1, 0.15) is 303 Å². The van der Waals surface area contributed by atoms with Gasteiger partial charge in [-0.2, -0.15) is 0 Å². The third-order valence-electron chi connectivity index (χ3n) is 35.5. The molecule has 33 heteroatoms. The number of methoxy groups -OCH3 is 2. The van der Waals surface area contributed by atoms with Crippen molar-refractivity contribution in [1.82, 2.24) is 16.0 Å². The molecular formula is C98H138N4O25S4. The summed E-state index contributed by atoms with van der Waals surface area (Å²) in [6.45, 7) is 34.0. The number of nitrogens with one attached hydrogen (secondary N) is 3. The molecule has 4 aliphatic heterocycles. The number of carbonyl (C=O) groups is 8. The number of phenolic OH excluding ortho intramolecular Hbond substituents is 4. The lowest BCUT2D eigenvalue weighted by Gasteiger charge is -2.64. The molecule has 4 heterocycles. The summed E-state index contributed by atoms with van der Waals surface area (Å²) in [7, 11) is -12.4. The fourth-order valence-electron chi connectivity index (χ4n) is 29.9. The van der Waals surface area contributed by atoms with Gasteiger partial charge in [-0.05, 0) is 286 Å². The molecule has 3 amide bonds. The highest BCUT2D eigenvalue weighted by atomic mass is 32.2. The number of rotatable bonds is 11. The van der Waals surface area contributed by atoms with Crippen LogP contribution in [-0.4, -0.2) is 180 Å². The Balaban J connectivity index is 0.000000155. The van der Waals surface area contributed by atoms with Gasteiger partial charge in [-0.1, -0.05) is 136 Å². The summed E-state index contributed by atoms with van der Waals surface area (Å²) in [5.74, 6) is -6.63. The van der Waals surface area contributed by atoms with E-state index in [2.05, 4.69) is 136 Å². The number of carboxylic acids is 3. The lowest BCUT2D eigenvalue weighted by molar-refractivity contribution is -0.140. The van der Waals surface area contributed by atoms with E-state index in [1.165, 1.54) is 62.8 Å². The molecule has 0 saturated heterocycles. The number of carbonyl (C=O) groups excluding carboxylic acids is 5. The number of esters is 2. The minimum absolute atomic E-state index is 0.000775. The number of carboxylic acid groups (broad SMARTS) is 3. The van der Waals surface area contributed by atoms with Gasteiger partial charge in [-0.15, -0.1) is 0 Å². The molecule has 724 valence electrons. The van der Waals surface area contributed by atoms with Gasteiger partial charge in [0.25, 0.3) is 17.7 Å². The van der Waals surface area contributed by atoms with E-state index < -0.39 is 116 Å². The van der Waals surface area contributed by atoms with Gasteiger partial charge in [0.2, 0.25) is 0 Å². The highest BCUT2D eigenvalue weighted by Crippen LogP contribution is 2.72. The first-order valence-corrected chi connectivity index (χ1v) is 52.7. The molecule has 16 rings (SSSR count). The highest BCUT2D eigenvalue weighted by molar-refractivity contribution is 7.92. The molecule has 131 heavy (non-hydrogen) atoms. The number of aromatic carboxylic acids is 1. The molecule has 29 nitrogen and oxygen atoms in total. The van der Waals surface area contributed by atoms with Crippen molar-refractivity contribution in [2.24, 2.45) is 96.4 Å². The number of hydrogen-bond donors (Lipinski definition) is 11. The Morgan fingerprint density at radius 1 is 0.328 bits per heavy atom. The number of phenols is 4. The number of benzene rings is 4. The molecule has 0 spiro atoms. The summed E-state index contributed by atoms with van der Waals surface area (Å²) in [6, 6.07) is 10.1. The molecule has 0 bridgehead atoms. The number of nitrogens with two attached hydrogens (primary N) is 1. The van der Waals surface area contributed by atoms with Crippen molar-refractivity contribution < 1.29 is 117 Å². The largest absolute Gasteiger partial charge is 0.508 e. The summed E-state index contributed by atoms with van der Waals surface area (Å²) in [5.41, 5.74) is 4.42. The van der Waals surface area contributed by atoms with Crippen molar-refractivity contribution in [3.05, 3.63) is 93.0 Å². The molecule has 4 aromatic carbocycles. The fraction of sp³-hybridized carbons (Fsp3) is 0.673. The summed E-state index contributed by atoms with van der Waals surface area (Å²) in [4.78, 5) is 94.6. The Labute approximate surface area is 771 Å². The van der Waals surface area contributed by atoms with Crippen LogP contribution in [0.5, 0.6) is 23.0 Å². The lowest BCUT2D eigenvalue weighted by Crippen LogP contribution is -2.60. The first-order valence-electron chi connectivity index (χ1n) is 46.1. The number of hydrogen-bond acceptors (Lipinski definition) is 23. The Bertz CT molecular complexity index is 5610. The molecule has 8 aliphatic carbocycles. The standard InChI is InChI=1S/C25H35NO6S.2C24H33NO6S.C22H30O5S.C3H7NO2/c1-23(2)8-6-9-24(3)18(23)7-10-25(4)19(24)14-33(30,31)17-12-15(27)11-16(21(17)25)22(29)26-13-20(28)32-5;2*1-22(2)7-5-8-23(3)17(22)6-9-24(4)18(23)13-32(30,31)16-11-14(26)10-15(20(16)24)21(29)25-12-19(27)28;1-20(2)7-5-8-21(3)16(20)6-9-22(4)17(21)12-28(26,27)15-11-13(23)10-14(18(15)22)19(24)25;1-6-3(5)2-4/h11-12,18-19,27H,6-10,13-14H2,1-5H3,(H,26,29);2*10-11,17-18,26H,5-9,12-13H2,1-4H3,(H,25,29)(H,27,28);10-11,16-17,23H,5-9,12H2,1-4H3,(H,24,25);2,4H2,1H3/t18-,19+,24-,25+;2*17-,18+,23-,24+;16-,17+,21-,22+;/m0000./s1. The van der Waals surface area contributed by atoms with E-state index in [4.69, 9.17) is 15.9 Å². The number of aliphatic carboxylic acids is 2. The first kappa shape index (κ1) is 102. The lowest BCUT2D eigenvalue weighted by atomic mass is 9.42. The van der Waals surface area contributed by atoms with Crippen LogP contribution in [0.2, 0.25) is 0 Å². The van der Waals surface area contributed by atoms with Gasteiger partial charge >= 0.3 is 29.8 Å². The normalized spacial score (nSPS) is 33.8. The maximum absolute atomic E-state index is 13.6. The van der Waals surface area contributed by atoms with Crippen LogP contribution >= 0.6 is 0 Å². The quantitative estimate of drug-likeness (QED) is 0.0621. The second-order valence-electron chi connectivity index (χ2n) is 44.7. The average molecular weight is 1900 g/mol. The molecule has 8 saturated carbocycles. The van der Waals surface area contributed by atoms with E-state index in [1.54, 1.807) is 0 Å². The minimum atomic E-state index is -3.74. The maximum Gasteiger partial charge on any atom is 0.336 e. The van der Waals surface area contributed by atoms with Crippen LogP contribution in [0.15, 0.2) is 68.1 Å². The van der Waals surface area contributed by atoms with Crippen molar-refractivity contribution in [3.63, 3.8) is 0 Å². The van der Waals surface area contributed by atoms with Gasteiger partial charge in [-0.25, -0.2) is 38.5 Å². The van der Waals surface area contributed by atoms with Crippen molar-refractivity contribution in [2.45, 2.75) is 280 Å². The van der Waals surface area contributed by atoms with Crippen LogP contribution in [-0.2, 0) is 89.7 Å². The third-order valence-corrected chi connectivity index (χ3v) is 42.5. The summed E-state index contributed by atoms with van der Waals surface area (Å²) in [5, 5.41) is 75.8. The topological polar surface area (TPSA) is 495 Å². The summed E-state index contributed by atoms with van der Waals surface area (Å²) < 4.78 is 116. The minimum Gasteiger partial charge on any atom is -0.508 e. The second-order valence-corrected chi connectivity index (χ2v) is 52.7. The van der Waals surface area contributed by atoms with Gasteiger partial charge in [0.15, 0.2) is 39.3 Å². The van der Waals surface area contributed by atoms with Crippen LogP contribution in [0.3, 0.4) is 0 Å². The second kappa shape index (κ2) is 35.1. The molecule has 4 aromatic rings. The molecule has 0 radical (unpaired) electrons. The van der Waals surface area contributed by atoms with Crippen molar-refractivity contribution in [3.8, 4) is 23.0 Å². The first-order chi connectivity index (χ1) is 60.3. The van der Waals surface area contributed by atoms with E-state index in [-0.39, 0.29) is 174 Å². The predicted octanol–water partition coefficient (Wildman–Crippen LogP) is 14.1. The van der Waals surface area contributed by atoms with Gasteiger partial charge < -0.3 is 66.9 Å². The van der Waals surface area contributed by atoms with E-state index in [9.17, 15) is 97.6 Å². The fourth-order valence-corrected chi connectivity index (χ4v) is 39.2. The Morgan fingerprint density at radius 2 is 0.550 bits per heavy atom. The van der Waals surface area contributed by atoms with Crippen LogP contribution in [0.4, 0.5) is 0 Å². The zero-order chi connectivity index (χ0) is 97.5. The van der Waals surface area contributed by atoms with E-state index in [0.29, 0.717) is 45.9 Å². The number of amides is 3. The highest BCUT2D eigenvalue weighted by Gasteiger charge is 2.68. The van der Waals surface area contributed by atoms with Crippen molar-refractivity contribution in [1.29, 1.82) is 0 Å². The van der Waals surface area contributed by atoms with Gasteiger partial charge in [-0.3, -0.25) is 33.6 Å². The number of fused-ring (bicyclic) bond motifs is 20.